The van der Waals surface area contributed by atoms with Crippen LogP contribution in [-0.4, -0.2) is 27.3 Å². The zero-order chi connectivity index (χ0) is 13.2. The van der Waals surface area contributed by atoms with Gasteiger partial charge in [0, 0.05) is 12.0 Å². The van der Waals surface area contributed by atoms with Crippen molar-refractivity contribution in [2.24, 2.45) is 5.92 Å². The van der Waals surface area contributed by atoms with Crippen LogP contribution in [0.15, 0.2) is 4.52 Å². The fourth-order valence-corrected chi connectivity index (χ4v) is 2.62. The minimum absolute atomic E-state index is 0.162. The van der Waals surface area contributed by atoms with Gasteiger partial charge in [0.15, 0.2) is 5.82 Å². The van der Waals surface area contributed by atoms with Crippen molar-refractivity contribution in [1.82, 2.24) is 15.5 Å². The molecular weight excluding hydrogens is 246 g/mol. The van der Waals surface area contributed by atoms with Crippen LogP contribution in [0.2, 0.25) is 0 Å². The van der Waals surface area contributed by atoms with Crippen LogP contribution in [0.5, 0.6) is 0 Å². The Bertz CT molecular complexity index is 448. The first kappa shape index (κ1) is 12.6. The minimum Gasteiger partial charge on any atom is -0.481 e. The van der Waals surface area contributed by atoms with Gasteiger partial charge in [0.1, 0.15) is 0 Å². The van der Waals surface area contributed by atoms with E-state index in [1.165, 1.54) is 0 Å². The first-order chi connectivity index (χ1) is 9.22. The Morgan fingerprint density at radius 3 is 2.63 bits per heavy atom. The van der Waals surface area contributed by atoms with E-state index in [0.717, 1.165) is 44.4 Å². The van der Waals surface area contributed by atoms with Gasteiger partial charge in [-0.3, -0.25) is 4.79 Å². The predicted octanol–water partition coefficient (Wildman–Crippen LogP) is 1.68. The maximum absolute atomic E-state index is 10.9. The van der Waals surface area contributed by atoms with Gasteiger partial charge in [-0.2, -0.15) is 4.98 Å². The van der Waals surface area contributed by atoms with Gasteiger partial charge in [0.05, 0.1) is 12.5 Å². The van der Waals surface area contributed by atoms with E-state index in [1.807, 2.05) is 0 Å². The molecule has 0 amide bonds. The number of carbonyl (C=O) groups is 1. The maximum Gasteiger partial charge on any atom is 0.306 e. The highest BCUT2D eigenvalue weighted by Gasteiger charge is 2.30. The average molecular weight is 265 g/mol. The minimum atomic E-state index is -0.661. The Hall–Kier alpha value is -1.43. The van der Waals surface area contributed by atoms with Crippen LogP contribution in [0.4, 0.5) is 0 Å². The number of rotatable bonds is 5. The van der Waals surface area contributed by atoms with Gasteiger partial charge in [-0.05, 0) is 38.5 Å². The molecule has 2 fully saturated rings. The maximum atomic E-state index is 10.9. The van der Waals surface area contributed by atoms with Crippen molar-refractivity contribution < 1.29 is 14.4 Å². The van der Waals surface area contributed by atoms with E-state index in [4.69, 9.17) is 9.63 Å². The second-order valence-corrected chi connectivity index (χ2v) is 5.59. The summed E-state index contributed by atoms with van der Waals surface area (Å²) in [4.78, 5) is 15.2. The van der Waals surface area contributed by atoms with E-state index >= 15 is 0 Å². The summed E-state index contributed by atoms with van der Waals surface area (Å²) in [5, 5.41) is 16.3. The molecule has 1 aromatic heterocycles. The van der Waals surface area contributed by atoms with Crippen molar-refractivity contribution in [3.05, 3.63) is 11.7 Å². The lowest BCUT2D eigenvalue weighted by molar-refractivity contribution is -0.142. The van der Waals surface area contributed by atoms with E-state index in [2.05, 4.69) is 15.5 Å². The molecule has 0 saturated heterocycles. The van der Waals surface area contributed by atoms with Crippen LogP contribution >= 0.6 is 0 Å². The highest BCUT2D eigenvalue weighted by Crippen LogP contribution is 2.38. The summed E-state index contributed by atoms with van der Waals surface area (Å²) < 4.78 is 5.20. The average Bonchev–Trinajstić information content (AvgIpc) is 3.16. The van der Waals surface area contributed by atoms with E-state index in [-0.39, 0.29) is 5.92 Å². The molecule has 2 saturated carbocycles. The SMILES string of the molecule is O=C(O)C1CCC(NCc2noc(C3CC3)n2)CC1. The van der Waals surface area contributed by atoms with Gasteiger partial charge in [-0.15, -0.1) is 0 Å². The lowest BCUT2D eigenvalue weighted by Crippen LogP contribution is -2.34. The molecule has 104 valence electrons. The first-order valence-corrected chi connectivity index (χ1v) is 7.01. The number of hydrogen-bond acceptors (Lipinski definition) is 5. The number of nitrogens with zero attached hydrogens (tertiary/aromatic N) is 2. The summed E-state index contributed by atoms with van der Waals surface area (Å²) in [7, 11) is 0. The molecule has 0 bridgehead atoms. The third-order valence-corrected chi connectivity index (χ3v) is 4.04. The molecule has 0 aromatic carbocycles. The van der Waals surface area contributed by atoms with Gasteiger partial charge in [-0.25, -0.2) is 0 Å². The van der Waals surface area contributed by atoms with Crippen LogP contribution in [0, 0.1) is 5.92 Å². The Balaban J connectivity index is 1.43. The molecule has 6 heteroatoms. The second kappa shape index (κ2) is 5.28. The predicted molar refractivity (Wildman–Crippen MR) is 66.5 cm³/mol. The summed E-state index contributed by atoms with van der Waals surface area (Å²) in [5.41, 5.74) is 0. The molecule has 3 rings (SSSR count). The molecule has 2 aliphatic rings. The van der Waals surface area contributed by atoms with E-state index in [9.17, 15) is 4.79 Å². The topological polar surface area (TPSA) is 88.2 Å². The molecule has 1 aromatic rings. The number of nitrogens with one attached hydrogen (secondary N) is 1. The molecule has 2 N–H and O–H groups in total. The molecule has 19 heavy (non-hydrogen) atoms. The molecule has 1 heterocycles. The van der Waals surface area contributed by atoms with Crippen molar-refractivity contribution in [2.45, 2.75) is 57.0 Å². The van der Waals surface area contributed by atoms with Gasteiger partial charge >= 0.3 is 5.97 Å². The zero-order valence-corrected chi connectivity index (χ0v) is 10.8. The van der Waals surface area contributed by atoms with Crippen molar-refractivity contribution >= 4 is 5.97 Å². The molecule has 0 unspecified atom stereocenters. The Morgan fingerprint density at radius 2 is 2.00 bits per heavy atom. The quantitative estimate of drug-likeness (QED) is 0.842. The lowest BCUT2D eigenvalue weighted by Gasteiger charge is -2.26. The van der Waals surface area contributed by atoms with Crippen molar-refractivity contribution in [1.29, 1.82) is 0 Å². The van der Waals surface area contributed by atoms with E-state index < -0.39 is 5.97 Å². The van der Waals surface area contributed by atoms with Crippen molar-refractivity contribution in [3.63, 3.8) is 0 Å². The first-order valence-electron chi connectivity index (χ1n) is 7.01. The van der Waals surface area contributed by atoms with Gasteiger partial charge < -0.3 is 14.9 Å². The van der Waals surface area contributed by atoms with Crippen LogP contribution in [-0.2, 0) is 11.3 Å². The summed E-state index contributed by atoms with van der Waals surface area (Å²) in [6.45, 7) is 0.610. The van der Waals surface area contributed by atoms with Crippen LogP contribution in [0.1, 0.15) is 56.2 Å². The molecule has 0 atom stereocenters. The standard InChI is InChI=1S/C13H19N3O3/c17-13(18)9-3-5-10(6-4-9)14-7-11-15-12(19-16-11)8-1-2-8/h8-10,14H,1-7H2,(H,17,18). The summed E-state index contributed by atoms with van der Waals surface area (Å²) in [6, 6.07) is 0.374. The molecule has 0 spiro atoms. The smallest absolute Gasteiger partial charge is 0.306 e. The number of hydrogen-bond donors (Lipinski definition) is 2. The summed E-state index contributed by atoms with van der Waals surface area (Å²) in [6.07, 6.45) is 5.65. The normalized spacial score (nSPS) is 27.4. The van der Waals surface area contributed by atoms with Gasteiger partial charge in [0.2, 0.25) is 5.89 Å². The highest BCUT2D eigenvalue weighted by molar-refractivity contribution is 5.70. The zero-order valence-electron chi connectivity index (χ0n) is 10.8. The highest BCUT2D eigenvalue weighted by atomic mass is 16.5. The number of aromatic nitrogens is 2. The Kier molecular flexibility index (Phi) is 3.50. The molecule has 6 nitrogen and oxygen atoms in total. The summed E-state index contributed by atoms with van der Waals surface area (Å²) >= 11 is 0. The van der Waals surface area contributed by atoms with E-state index in [0.29, 0.717) is 24.3 Å². The number of carboxylic acid groups (broad SMARTS) is 1. The van der Waals surface area contributed by atoms with E-state index in [1.54, 1.807) is 0 Å². The third-order valence-electron chi connectivity index (χ3n) is 4.04. The number of carboxylic acids is 1. The van der Waals surface area contributed by atoms with Crippen molar-refractivity contribution in [3.8, 4) is 0 Å². The Labute approximate surface area is 111 Å². The van der Waals surface area contributed by atoms with Gasteiger partial charge in [0.25, 0.3) is 0 Å². The fraction of sp³-hybridized carbons (Fsp3) is 0.769. The fourth-order valence-electron chi connectivity index (χ4n) is 2.62. The largest absolute Gasteiger partial charge is 0.481 e. The molecular formula is C13H19N3O3. The van der Waals surface area contributed by atoms with Crippen LogP contribution in [0.25, 0.3) is 0 Å². The summed E-state index contributed by atoms with van der Waals surface area (Å²) in [5.74, 6) is 1.15. The molecule has 0 radical (unpaired) electrons. The number of aliphatic carboxylic acids is 1. The Morgan fingerprint density at radius 1 is 1.26 bits per heavy atom. The second-order valence-electron chi connectivity index (χ2n) is 5.59. The van der Waals surface area contributed by atoms with Crippen LogP contribution < -0.4 is 5.32 Å². The monoisotopic (exact) mass is 265 g/mol. The molecule has 0 aliphatic heterocycles. The van der Waals surface area contributed by atoms with Crippen molar-refractivity contribution in [2.75, 3.05) is 0 Å². The third kappa shape index (κ3) is 3.12. The molecule has 2 aliphatic carbocycles. The lowest BCUT2D eigenvalue weighted by atomic mass is 9.86. The van der Waals surface area contributed by atoms with Crippen LogP contribution in [0.3, 0.4) is 0 Å². The van der Waals surface area contributed by atoms with Gasteiger partial charge in [-0.1, -0.05) is 5.16 Å².